The number of nitrogens with zero attached hydrogens (tertiary/aromatic N) is 2. The first-order chi connectivity index (χ1) is 5.61. The first kappa shape index (κ1) is 9.55. The Bertz CT molecular complexity index is 258. The third-order valence-electron chi connectivity index (χ3n) is 1.70. The van der Waals surface area contributed by atoms with E-state index in [4.69, 9.17) is 16.7 Å². The molecule has 0 aliphatic heterocycles. The highest BCUT2D eigenvalue weighted by Gasteiger charge is 2.04. The van der Waals surface area contributed by atoms with E-state index in [-0.39, 0.29) is 6.10 Å². The van der Waals surface area contributed by atoms with Gasteiger partial charge in [-0.1, -0.05) is 11.6 Å². The van der Waals surface area contributed by atoms with Gasteiger partial charge in [-0.15, -0.1) is 0 Å². The summed E-state index contributed by atoms with van der Waals surface area (Å²) in [4.78, 5) is 0. The van der Waals surface area contributed by atoms with Crippen LogP contribution in [0.1, 0.15) is 18.9 Å². The average molecular weight is 189 g/mol. The van der Waals surface area contributed by atoms with Crippen molar-refractivity contribution in [3.05, 3.63) is 16.9 Å². The summed E-state index contributed by atoms with van der Waals surface area (Å²) in [5, 5.41) is 13.8. The van der Waals surface area contributed by atoms with Crippen LogP contribution in [0.5, 0.6) is 0 Å². The molecule has 0 saturated heterocycles. The van der Waals surface area contributed by atoms with Gasteiger partial charge in [0.2, 0.25) is 0 Å². The summed E-state index contributed by atoms with van der Waals surface area (Å²) in [6.07, 6.45) is 2.11. The Balaban J connectivity index is 2.58. The molecule has 1 atom stereocenters. The molecule has 68 valence electrons. The second-order valence-corrected chi connectivity index (χ2v) is 3.34. The van der Waals surface area contributed by atoms with Crippen LogP contribution < -0.4 is 0 Å². The van der Waals surface area contributed by atoms with Crippen LogP contribution in [0, 0.1) is 6.92 Å². The number of rotatable bonds is 3. The minimum Gasteiger partial charge on any atom is -0.393 e. The molecule has 0 bridgehead atoms. The molecule has 0 spiro atoms. The third-order valence-corrected chi connectivity index (χ3v) is 2.19. The zero-order valence-electron chi connectivity index (χ0n) is 7.29. The number of aliphatic hydroxyl groups is 1. The largest absolute Gasteiger partial charge is 0.393 e. The molecule has 0 fully saturated rings. The van der Waals surface area contributed by atoms with Crippen LogP contribution in [0.25, 0.3) is 0 Å². The number of aliphatic hydroxyl groups excluding tert-OH is 1. The highest BCUT2D eigenvalue weighted by Crippen LogP contribution is 2.14. The molecule has 0 radical (unpaired) electrons. The lowest BCUT2D eigenvalue weighted by Gasteiger charge is -2.04. The minimum atomic E-state index is -0.300. The van der Waals surface area contributed by atoms with Crippen molar-refractivity contribution < 1.29 is 5.11 Å². The van der Waals surface area contributed by atoms with Crippen molar-refractivity contribution in [2.45, 2.75) is 32.9 Å². The van der Waals surface area contributed by atoms with E-state index in [1.165, 1.54) is 0 Å². The molecule has 4 heteroatoms. The summed E-state index contributed by atoms with van der Waals surface area (Å²) in [6, 6.07) is 0. The zero-order valence-corrected chi connectivity index (χ0v) is 8.04. The van der Waals surface area contributed by atoms with Gasteiger partial charge in [0.1, 0.15) is 5.15 Å². The van der Waals surface area contributed by atoms with Gasteiger partial charge in [-0.05, 0) is 20.3 Å². The Morgan fingerprint density at radius 2 is 2.42 bits per heavy atom. The van der Waals surface area contributed by atoms with Crippen molar-refractivity contribution in [2.75, 3.05) is 0 Å². The third kappa shape index (κ3) is 2.22. The van der Waals surface area contributed by atoms with E-state index in [0.29, 0.717) is 18.1 Å². The molecule has 0 aliphatic rings. The topological polar surface area (TPSA) is 38.0 Å². The van der Waals surface area contributed by atoms with Gasteiger partial charge in [-0.25, -0.2) is 0 Å². The Labute approximate surface area is 77.0 Å². The van der Waals surface area contributed by atoms with Crippen molar-refractivity contribution in [3.8, 4) is 0 Å². The lowest BCUT2D eigenvalue weighted by Crippen LogP contribution is -2.08. The fourth-order valence-corrected chi connectivity index (χ4v) is 1.11. The highest BCUT2D eigenvalue weighted by atomic mass is 35.5. The van der Waals surface area contributed by atoms with Crippen molar-refractivity contribution >= 4 is 11.6 Å². The van der Waals surface area contributed by atoms with Crippen LogP contribution in [0.2, 0.25) is 5.15 Å². The molecule has 0 aromatic carbocycles. The van der Waals surface area contributed by atoms with Crippen LogP contribution in [-0.4, -0.2) is 21.0 Å². The molecule has 1 aromatic heterocycles. The predicted octanol–water partition coefficient (Wildman–Crippen LogP) is 1.62. The van der Waals surface area contributed by atoms with E-state index >= 15 is 0 Å². The van der Waals surface area contributed by atoms with Gasteiger partial charge >= 0.3 is 0 Å². The lowest BCUT2D eigenvalue weighted by molar-refractivity contribution is 0.176. The SMILES string of the molecule is Cc1cnn(CCC(C)O)c1Cl. The molecule has 0 aliphatic carbocycles. The predicted molar refractivity (Wildman–Crippen MR) is 48.3 cm³/mol. The molecule has 1 N–H and O–H groups in total. The summed E-state index contributed by atoms with van der Waals surface area (Å²) in [6.45, 7) is 4.34. The summed E-state index contributed by atoms with van der Waals surface area (Å²) in [7, 11) is 0. The molecule has 1 aromatic rings. The summed E-state index contributed by atoms with van der Waals surface area (Å²) in [5.74, 6) is 0. The lowest BCUT2D eigenvalue weighted by atomic mass is 10.3. The molecular formula is C8H13ClN2O. The number of aromatic nitrogens is 2. The van der Waals surface area contributed by atoms with Crippen LogP contribution in [-0.2, 0) is 6.54 Å². The first-order valence-corrected chi connectivity index (χ1v) is 4.35. The first-order valence-electron chi connectivity index (χ1n) is 3.97. The Kier molecular flexibility index (Phi) is 3.12. The maximum atomic E-state index is 9.03. The fourth-order valence-electron chi connectivity index (χ4n) is 0.929. The van der Waals surface area contributed by atoms with Gasteiger partial charge < -0.3 is 5.11 Å². The van der Waals surface area contributed by atoms with Gasteiger partial charge in [-0.2, -0.15) is 5.10 Å². The van der Waals surface area contributed by atoms with E-state index in [1.54, 1.807) is 17.8 Å². The standard InChI is InChI=1S/C8H13ClN2O/c1-6-5-10-11(8(6)9)4-3-7(2)12/h5,7,12H,3-4H2,1-2H3. The van der Waals surface area contributed by atoms with E-state index in [9.17, 15) is 0 Å². The quantitative estimate of drug-likeness (QED) is 0.783. The Morgan fingerprint density at radius 3 is 2.83 bits per heavy atom. The number of aryl methyl sites for hydroxylation is 2. The molecular weight excluding hydrogens is 176 g/mol. The maximum absolute atomic E-state index is 9.03. The number of halogens is 1. The maximum Gasteiger partial charge on any atom is 0.129 e. The van der Waals surface area contributed by atoms with Crippen LogP contribution in [0.4, 0.5) is 0 Å². The summed E-state index contributed by atoms with van der Waals surface area (Å²) >= 11 is 5.91. The van der Waals surface area contributed by atoms with Crippen molar-refractivity contribution in [1.29, 1.82) is 0 Å². The van der Waals surface area contributed by atoms with E-state index in [0.717, 1.165) is 5.56 Å². The molecule has 0 amide bonds. The monoisotopic (exact) mass is 188 g/mol. The van der Waals surface area contributed by atoms with Crippen LogP contribution >= 0.6 is 11.6 Å². The van der Waals surface area contributed by atoms with Gasteiger partial charge in [0.25, 0.3) is 0 Å². The van der Waals surface area contributed by atoms with Gasteiger partial charge in [0, 0.05) is 12.1 Å². The fraction of sp³-hybridized carbons (Fsp3) is 0.625. The Hall–Kier alpha value is -0.540. The van der Waals surface area contributed by atoms with E-state index in [1.807, 2.05) is 6.92 Å². The Morgan fingerprint density at radius 1 is 1.75 bits per heavy atom. The van der Waals surface area contributed by atoms with Crippen LogP contribution in [0.15, 0.2) is 6.20 Å². The highest BCUT2D eigenvalue weighted by molar-refractivity contribution is 6.30. The second kappa shape index (κ2) is 3.92. The molecule has 0 saturated carbocycles. The van der Waals surface area contributed by atoms with Crippen molar-refractivity contribution in [1.82, 2.24) is 9.78 Å². The van der Waals surface area contributed by atoms with Gasteiger partial charge in [0.05, 0.1) is 12.3 Å². The molecule has 1 unspecified atom stereocenters. The number of hydrogen-bond donors (Lipinski definition) is 1. The normalized spacial score (nSPS) is 13.3. The summed E-state index contributed by atoms with van der Waals surface area (Å²) < 4.78 is 1.70. The van der Waals surface area contributed by atoms with E-state index < -0.39 is 0 Å². The average Bonchev–Trinajstić information content (AvgIpc) is 2.30. The molecule has 3 nitrogen and oxygen atoms in total. The molecule has 12 heavy (non-hydrogen) atoms. The summed E-state index contributed by atoms with van der Waals surface area (Å²) in [5.41, 5.74) is 0.974. The van der Waals surface area contributed by atoms with Crippen LogP contribution in [0.3, 0.4) is 0 Å². The van der Waals surface area contributed by atoms with Crippen molar-refractivity contribution in [3.63, 3.8) is 0 Å². The zero-order chi connectivity index (χ0) is 9.14. The smallest absolute Gasteiger partial charge is 0.129 e. The second-order valence-electron chi connectivity index (χ2n) is 2.98. The molecule has 1 heterocycles. The minimum absolute atomic E-state index is 0.300. The van der Waals surface area contributed by atoms with Gasteiger partial charge in [-0.3, -0.25) is 4.68 Å². The van der Waals surface area contributed by atoms with Crippen molar-refractivity contribution in [2.24, 2.45) is 0 Å². The number of hydrogen-bond acceptors (Lipinski definition) is 2. The van der Waals surface area contributed by atoms with Gasteiger partial charge in [0.15, 0.2) is 0 Å². The molecule has 1 rings (SSSR count). The van der Waals surface area contributed by atoms with E-state index in [2.05, 4.69) is 5.10 Å².